The lowest BCUT2D eigenvalue weighted by atomic mass is 10.4. The second-order valence-corrected chi connectivity index (χ2v) is 3.51. The number of rotatable bonds is 2. The van der Waals surface area contributed by atoms with E-state index in [4.69, 9.17) is 4.42 Å². The maximum Gasteiger partial charge on any atom is 0.286 e. The van der Waals surface area contributed by atoms with E-state index in [1.165, 1.54) is 12.3 Å². The number of furan rings is 1. The van der Waals surface area contributed by atoms with E-state index in [1.54, 1.807) is 35.1 Å². The van der Waals surface area contributed by atoms with Crippen LogP contribution in [0.15, 0.2) is 47.3 Å². The quantitative estimate of drug-likeness (QED) is 0.499. The fourth-order valence-corrected chi connectivity index (χ4v) is 1.63. The van der Waals surface area contributed by atoms with Gasteiger partial charge >= 0.3 is 0 Å². The van der Waals surface area contributed by atoms with Crippen LogP contribution in [-0.4, -0.2) is 14.3 Å². The van der Waals surface area contributed by atoms with Crippen molar-refractivity contribution in [1.29, 1.82) is 0 Å². The zero-order chi connectivity index (χ0) is 11.8. The Kier molecular flexibility index (Phi) is 1.94. The van der Waals surface area contributed by atoms with E-state index in [0.717, 1.165) is 0 Å². The third kappa shape index (κ3) is 1.55. The fraction of sp³-hybridized carbons (Fsp3) is 0. The van der Waals surface area contributed by atoms with Crippen molar-refractivity contribution in [1.82, 2.24) is 9.38 Å². The molecule has 0 radical (unpaired) electrons. The SMILES string of the molecule is O=[N+]([O-])c1ccc2nc(-c3ccco3)cn2c1. The Hall–Kier alpha value is -2.63. The van der Waals surface area contributed by atoms with Crippen molar-refractivity contribution in [3.8, 4) is 11.5 Å². The van der Waals surface area contributed by atoms with Crippen molar-refractivity contribution in [3.63, 3.8) is 0 Å². The molecule has 0 aliphatic carbocycles. The van der Waals surface area contributed by atoms with Gasteiger partial charge in [0.15, 0.2) is 5.76 Å². The predicted octanol–water partition coefficient (Wildman–Crippen LogP) is 2.50. The number of nitro groups is 1. The standard InChI is InChI=1S/C11H7N3O3/c15-14(16)8-3-4-11-12-9(7-13(11)6-8)10-2-1-5-17-10/h1-7H. The van der Waals surface area contributed by atoms with Gasteiger partial charge in [0.25, 0.3) is 5.69 Å². The predicted molar refractivity (Wildman–Crippen MR) is 59.5 cm³/mol. The number of imidazole rings is 1. The van der Waals surface area contributed by atoms with Gasteiger partial charge in [-0.2, -0.15) is 0 Å². The highest BCUT2D eigenvalue weighted by Gasteiger charge is 2.10. The van der Waals surface area contributed by atoms with Crippen LogP contribution < -0.4 is 0 Å². The second-order valence-electron chi connectivity index (χ2n) is 3.51. The van der Waals surface area contributed by atoms with Crippen molar-refractivity contribution in [2.24, 2.45) is 0 Å². The van der Waals surface area contributed by atoms with Gasteiger partial charge in [0.2, 0.25) is 0 Å². The molecule has 0 amide bonds. The summed E-state index contributed by atoms with van der Waals surface area (Å²) in [5, 5.41) is 10.6. The summed E-state index contributed by atoms with van der Waals surface area (Å²) in [5.74, 6) is 0.636. The minimum absolute atomic E-state index is 0.0286. The highest BCUT2D eigenvalue weighted by Crippen LogP contribution is 2.21. The molecular formula is C11H7N3O3. The molecule has 6 nitrogen and oxygen atoms in total. The van der Waals surface area contributed by atoms with Crippen LogP contribution >= 0.6 is 0 Å². The number of pyridine rings is 1. The van der Waals surface area contributed by atoms with Crippen LogP contribution in [0.1, 0.15) is 0 Å². The molecule has 0 aliphatic rings. The molecule has 0 atom stereocenters. The Bertz CT molecular complexity index is 685. The first kappa shape index (κ1) is 9.59. The summed E-state index contributed by atoms with van der Waals surface area (Å²) in [7, 11) is 0. The summed E-state index contributed by atoms with van der Waals surface area (Å²) in [5.41, 5.74) is 1.32. The van der Waals surface area contributed by atoms with Gasteiger partial charge in [0.1, 0.15) is 11.3 Å². The molecule has 3 aromatic heterocycles. The van der Waals surface area contributed by atoms with Crippen molar-refractivity contribution >= 4 is 11.3 Å². The van der Waals surface area contributed by atoms with E-state index in [1.807, 2.05) is 0 Å². The molecule has 0 saturated heterocycles. The molecule has 6 heteroatoms. The molecular weight excluding hydrogens is 222 g/mol. The number of nitrogens with zero attached hydrogens (tertiary/aromatic N) is 3. The lowest BCUT2D eigenvalue weighted by molar-refractivity contribution is -0.385. The summed E-state index contributed by atoms with van der Waals surface area (Å²) in [6.07, 6.45) is 4.68. The molecule has 17 heavy (non-hydrogen) atoms. The molecule has 0 bridgehead atoms. The molecule has 0 aliphatic heterocycles. The van der Waals surface area contributed by atoms with Gasteiger partial charge in [-0.3, -0.25) is 14.5 Å². The number of hydrogen-bond acceptors (Lipinski definition) is 4. The lowest BCUT2D eigenvalue weighted by Crippen LogP contribution is -1.90. The van der Waals surface area contributed by atoms with Crippen LogP contribution in [-0.2, 0) is 0 Å². The Morgan fingerprint density at radius 3 is 2.88 bits per heavy atom. The minimum atomic E-state index is -0.438. The third-order valence-corrected chi connectivity index (χ3v) is 2.42. The van der Waals surface area contributed by atoms with Crippen molar-refractivity contribution in [3.05, 3.63) is 53.0 Å². The zero-order valence-corrected chi connectivity index (χ0v) is 8.61. The Morgan fingerprint density at radius 1 is 1.29 bits per heavy atom. The number of aromatic nitrogens is 2. The highest BCUT2D eigenvalue weighted by molar-refractivity contribution is 5.58. The molecule has 0 unspecified atom stereocenters. The first-order valence-electron chi connectivity index (χ1n) is 4.91. The van der Waals surface area contributed by atoms with Gasteiger partial charge in [0, 0.05) is 12.3 Å². The molecule has 0 aromatic carbocycles. The smallest absolute Gasteiger partial charge is 0.286 e. The fourth-order valence-electron chi connectivity index (χ4n) is 1.63. The van der Waals surface area contributed by atoms with Crippen molar-refractivity contribution in [2.75, 3.05) is 0 Å². The maximum absolute atomic E-state index is 10.6. The number of hydrogen-bond donors (Lipinski definition) is 0. The molecule has 0 N–H and O–H groups in total. The number of fused-ring (bicyclic) bond motifs is 1. The summed E-state index contributed by atoms with van der Waals surface area (Å²) >= 11 is 0. The van der Waals surface area contributed by atoms with Gasteiger partial charge in [0.05, 0.1) is 17.4 Å². The van der Waals surface area contributed by atoms with Crippen LogP contribution in [0.5, 0.6) is 0 Å². The van der Waals surface area contributed by atoms with Crippen LogP contribution in [0.25, 0.3) is 17.1 Å². The van der Waals surface area contributed by atoms with Crippen LogP contribution in [0.3, 0.4) is 0 Å². The summed E-state index contributed by atoms with van der Waals surface area (Å²) in [6, 6.07) is 6.58. The van der Waals surface area contributed by atoms with Crippen LogP contribution in [0, 0.1) is 10.1 Å². The Labute approximate surface area is 95.3 Å². The largest absolute Gasteiger partial charge is 0.463 e. The Balaban J connectivity index is 2.16. The van der Waals surface area contributed by atoms with Crippen LogP contribution in [0.4, 0.5) is 5.69 Å². The van der Waals surface area contributed by atoms with Crippen molar-refractivity contribution < 1.29 is 9.34 Å². The molecule has 3 rings (SSSR count). The molecule has 0 fully saturated rings. The summed E-state index contributed by atoms with van der Waals surface area (Å²) in [4.78, 5) is 14.5. The van der Waals surface area contributed by atoms with E-state index in [2.05, 4.69) is 4.98 Å². The van der Waals surface area contributed by atoms with Crippen molar-refractivity contribution in [2.45, 2.75) is 0 Å². The average molecular weight is 229 g/mol. The normalized spacial score (nSPS) is 10.8. The minimum Gasteiger partial charge on any atom is -0.463 e. The zero-order valence-electron chi connectivity index (χ0n) is 8.61. The Morgan fingerprint density at radius 2 is 2.18 bits per heavy atom. The first-order valence-corrected chi connectivity index (χ1v) is 4.91. The lowest BCUT2D eigenvalue weighted by Gasteiger charge is -1.92. The van der Waals surface area contributed by atoms with E-state index in [-0.39, 0.29) is 5.69 Å². The highest BCUT2D eigenvalue weighted by atomic mass is 16.6. The van der Waals surface area contributed by atoms with Crippen LogP contribution in [0.2, 0.25) is 0 Å². The molecule has 84 valence electrons. The van der Waals surface area contributed by atoms with Gasteiger partial charge in [-0.25, -0.2) is 4.98 Å². The summed E-state index contributed by atoms with van der Waals surface area (Å²) < 4.78 is 6.82. The average Bonchev–Trinajstić information content (AvgIpc) is 2.96. The second kappa shape index (κ2) is 3.44. The first-order chi connectivity index (χ1) is 8.24. The van der Waals surface area contributed by atoms with E-state index in [9.17, 15) is 10.1 Å². The summed E-state index contributed by atoms with van der Waals surface area (Å²) in [6.45, 7) is 0. The maximum atomic E-state index is 10.6. The molecule has 3 aromatic rings. The van der Waals surface area contributed by atoms with E-state index < -0.39 is 4.92 Å². The van der Waals surface area contributed by atoms with Gasteiger partial charge in [-0.05, 0) is 18.2 Å². The van der Waals surface area contributed by atoms with Gasteiger partial charge in [-0.15, -0.1) is 0 Å². The molecule has 0 saturated carbocycles. The van der Waals surface area contributed by atoms with Gasteiger partial charge < -0.3 is 4.42 Å². The molecule has 3 heterocycles. The monoisotopic (exact) mass is 229 g/mol. The topological polar surface area (TPSA) is 73.6 Å². The van der Waals surface area contributed by atoms with E-state index >= 15 is 0 Å². The third-order valence-electron chi connectivity index (χ3n) is 2.42. The van der Waals surface area contributed by atoms with Gasteiger partial charge in [-0.1, -0.05) is 0 Å². The van der Waals surface area contributed by atoms with E-state index in [0.29, 0.717) is 17.1 Å². The molecule has 0 spiro atoms.